The van der Waals surface area contributed by atoms with Crippen LogP contribution in [0.2, 0.25) is 0 Å². The molecule has 1 nitrogen and oxygen atoms in total. The maximum atomic E-state index is 12.3. The lowest BCUT2D eigenvalue weighted by molar-refractivity contribution is -0.112. The van der Waals surface area contributed by atoms with E-state index in [1.54, 1.807) is 15.9 Å². The van der Waals surface area contributed by atoms with Crippen LogP contribution in [0.25, 0.3) is 0 Å². The highest BCUT2D eigenvalue weighted by Gasteiger charge is 2.51. The molecule has 0 radical (unpaired) electrons. The number of alkyl halides is 5. The Bertz CT molecular complexity index is 133. The summed E-state index contributed by atoms with van der Waals surface area (Å²) in [5.74, 6) is 0. The van der Waals surface area contributed by atoms with Crippen LogP contribution in [0, 0.1) is 0 Å². The van der Waals surface area contributed by atoms with Crippen LogP contribution in [0.4, 0.5) is 13.2 Å². The van der Waals surface area contributed by atoms with Gasteiger partial charge in [-0.25, -0.2) is 4.39 Å². The largest absolute Gasteiger partial charge is 0.348 e. The second-order valence-corrected chi connectivity index (χ2v) is 3.17. The van der Waals surface area contributed by atoms with Gasteiger partial charge in [0.2, 0.25) is 0 Å². The monoisotopic (exact) mass is 238 g/mol. The summed E-state index contributed by atoms with van der Waals surface area (Å²) in [6.45, 7) is 0. The molecule has 10 heavy (non-hydrogen) atoms. The van der Waals surface area contributed by atoms with Crippen LogP contribution in [0.15, 0.2) is 0 Å². The topological polar surface area (TPSA) is 17.1 Å². The van der Waals surface area contributed by atoms with Crippen LogP contribution in [0.1, 0.15) is 6.42 Å². The first-order valence-corrected chi connectivity index (χ1v) is 3.36. The number of carbonyl (C=O) groups excluding carboxylic acids is 1. The van der Waals surface area contributed by atoms with E-state index < -0.39 is 16.4 Å². The van der Waals surface area contributed by atoms with Crippen molar-refractivity contribution in [3.05, 3.63) is 0 Å². The molecule has 1 unspecified atom stereocenters. The molecule has 0 aliphatic carbocycles. The van der Waals surface area contributed by atoms with Gasteiger partial charge >= 0.3 is 4.83 Å². The van der Waals surface area contributed by atoms with Crippen molar-refractivity contribution in [3.63, 3.8) is 0 Å². The molecule has 0 heterocycles. The minimum atomic E-state index is -3.87. The van der Waals surface area contributed by atoms with Gasteiger partial charge in [0.25, 0.3) is 5.13 Å². The molecule has 0 N–H and O–H groups in total. The molecule has 0 aliphatic rings. The number of rotatable bonds is 3. The first-order valence-electron chi connectivity index (χ1n) is 2.19. The van der Waals surface area contributed by atoms with Gasteiger partial charge in [-0.15, -0.1) is 0 Å². The van der Waals surface area contributed by atoms with Crippen molar-refractivity contribution in [2.45, 2.75) is 16.4 Å². The summed E-state index contributed by atoms with van der Waals surface area (Å²) in [5, 5.41) is -3.32. The molecule has 0 saturated carbocycles. The van der Waals surface area contributed by atoms with Crippen LogP contribution in [0.3, 0.4) is 0 Å². The van der Waals surface area contributed by atoms with Gasteiger partial charge in [0.15, 0.2) is 0 Å². The third-order valence-electron chi connectivity index (χ3n) is 0.754. The summed E-state index contributed by atoms with van der Waals surface area (Å²) in [5.41, 5.74) is 0. The first kappa shape index (κ1) is 10.2. The summed E-state index contributed by atoms with van der Waals surface area (Å²) in [4.78, 5) is 5.72. The molecule has 0 spiro atoms. The molecule has 0 aromatic rings. The SMILES string of the molecule is O=CCC(F)(Cl)C(F)(F)Br. The van der Waals surface area contributed by atoms with Gasteiger partial charge in [-0.05, 0) is 15.9 Å². The van der Waals surface area contributed by atoms with Crippen LogP contribution in [-0.2, 0) is 4.79 Å². The van der Waals surface area contributed by atoms with E-state index in [1.807, 2.05) is 0 Å². The van der Waals surface area contributed by atoms with Crippen LogP contribution >= 0.6 is 27.5 Å². The van der Waals surface area contributed by atoms with Crippen molar-refractivity contribution < 1.29 is 18.0 Å². The number of halogens is 5. The van der Waals surface area contributed by atoms with Gasteiger partial charge in [-0.1, -0.05) is 11.6 Å². The van der Waals surface area contributed by atoms with E-state index in [0.717, 1.165) is 0 Å². The van der Waals surface area contributed by atoms with Crippen LogP contribution in [0.5, 0.6) is 0 Å². The molecule has 0 bridgehead atoms. The fraction of sp³-hybridized carbons (Fsp3) is 0.750. The molecule has 6 heteroatoms. The predicted molar refractivity (Wildman–Crippen MR) is 34.2 cm³/mol. The molecule has 1 atom stereocenters. The van der Waals surface area contributed by atoms with Gasteiger partial charge in [-0.2, -0.15) is 8.78 Å². The molecule has 0 aromatic heterocycles. The number of hydrogen-bond donors (Lipinski definition) is 0. The third kappa shape index (κ3) is 2.46. The summed E-state index contributed by atoms with van der Waals surface area (Å²) in [6.07, 6.45) is -1.06. The Morgan fingerprint density at radius 2 is 1.90 bits per heavy atom. The zero-order valence-corrected chi connectivity index (χ0v) is 6.92. The zero-order valence-electron chi connectivity index (χ0n) is 4.58. The van der Waals surface area contributed by atoms with Crippen molar-refractivity contribution in [1.29, 1.82) is 0 Å². The highest BCUT2D eigenvalue weighted by atomic mass is 79.9. The molecule has 60 valence electrons. The van der Waals surface area contributed by atoms with E-state index in [2.05, 4.69) is 11.6 Å². The fourth-order valence-corrected chi connectivity index (χ4v) is 0.445. The van der Waals surface area contributed by atoms with Gasteiger partial charge in [0.05, 0.1) is 6.42 Å². The van der Waals surface area contributed by atoms with Gasteiger partial charge in [-0.3, -0.25) is 0 Å². The maximum absolute atomic E-state index is 12.3. The van der Waals surface area contributed by atoms with E-state index >= 15 is 0 Å². The number of hydrogen-bond acceptors (Lipinski definition) is 1. The average molecular weight is 239 g/mol. The molecule has 0 aliphatic heterocycles. The van der Waals surface area contributed by atoms with Gasteiger partial charge in [0, 0.05) is 0 Å². The quantitative estimate of drug-likeness (QED) is 0.546. The zero-order chi connectivity index (χ0) is 8.41. The average Bonchev–Trinajstić information content (AvgIpc) is 1.61. The van der Waals surface area contributed by atoms with E-state index in [4.69, 9.17) is 0 Å². The minimum Gasteiger partial charge on any atom is -0.303 e. The van der Waals surface area contributed by atoms with E-state index in [-0.39, 0.29) is 6.29 Å². The lowest BCUT2D eigenvalue weighted by Crippen LogP contribution is -2.33. The van der Waals surface area contributed by atoms with Crippen molar-refractivity contribution >= 4 is 33.8 Å². The fourth-order valence-electron chi connectivity index (χ4n) is 0.220. The van der Waals surface area contributed by atoms with Gasteiger partial charge in [0.1, 0.15) is 6.29 Å². The Labute approximate surface area is 68.7 Å². The van der Waals surface area contributed by atoms with Gasteiger partial charge < -0.3 is 4.79 Å². The molecular weight excluding hydrogens is 236 g/mol. The van der Waals surface area contributed by atoms with Crippen molar-refractivity contribution in [2.24, 2.45) is 0 Å². The molecule has 0 amide bonds. The normalized spacial score (nSPS) is 18.1. The lowest BCUT2D eigenvalue weighted by Gasteiger charge is -2.19. The smallest absolute Gasteiger partial charge is 0.303 e. The Morgan fingerprint density at radius 3 is 2.00 bits per heavy atom. The standard InChI is InChI=1S/C4H3BrClF3O/c5-4(8,9)3(6,7)1-2-10/h2H,1H2. The Kier molecular flexibility index (Phi) is 3.16. The van der Waals surface area contributed by atoms with E-state index in [1.165, 1.54) is 0 Å². The lowest BCUT2D eigenvalue weighted by atomic mass is 10.3. The Morgan fingerprint density at radius 1 is 1.50 bits per heavy atom. The second kappa shape index (κ2) is 3.09. The summed E-state index contributed by atoms with van der Waals surface area (Å²) in [7, 11) is 0. The predicted octanol–water partition coefficient (Wildman–Crippen LogP) is 2.47. The Hall–Kier alpha value is 0.230. The van der Waals surface area contributed by atoms with Crippen LogP contribution < -0.4 is 0 Å². The molecule has 0 fully saturated rings. The van der Waals surface area contributed by atoms with E-state index in [0.29, 0.717) is 0 Å². The van der Waals surface area contributed by atoms with Crippen molar-refractivity contribution in [1.82, 2.24) is 0 Å². The van der Waals surface area contributed by atoms with E-state index in [9.17, 15) is 18.0 Å². The molecular formula is C4H3BrClF3O. The van der Waals surface area contributed by atoms with Crippen LogP contribution in [-0.4, -0.2) is 16.2 Å². The maximum Gasteiger partial charge on any atom is 0.348 e. The summed E-state index contributed by atoms with van der Waals surface area (Å²) < 4.78 is 36.2. The number of carbonyl (C=O) groups is 1. The highest BCUT2D eigenvalue weighted by molar-refractivity contribution is 9.10. The number of aldehydes is 1. The summed E-state index contributed by atoms with van der Waals surface area (Å²) in [6, 6.07) is 0. The second-order valence-electron chi connectivity index (χ2n) is 1.57. The first-order chi connectivity index (χ1) is 4.31. The summed E-state index contributed by atoms with van der Waals surface area (Å²) >= 11 is 6.32. The Balaban J connectivity index is 4.23. The highest BCUT2D eigenvalue weighted by Crippen LogP contribution is 2.42. The van der Waals surface area contributed by atoms with Crippen molar-refractivity contribution in [3.8, 4) is 0 Å². The minimum absolute atomic E-state index is 0.0117. The molecule has 0 rings (SSSR count). The molecule has 0 aromatic carbocycles. The van der Waals surface area contributed by atoms with Crippen molar-refractivity contribution in [2.75, 3.05) is 0 Å². The third-order valence-corrected chi connectivity index (χ3v) is 2.00. The molecule has 0 saturated heterocycles.